The Hall–Kier alpha value is -0.423. The van der Waals surface area contributed by atoms with E-state index in [0.717, 1.165) is 44.1 Å². The van der Waals surface area contributed by atoms with E-state index < -0.39 is 8.32 Å². The molecule has 4 heteroatoms. The van der Waals surface area contributed by atoms with Crippen LogP contribution in [-0.2, 0) is 4.43 Å². The van der Waals surface area contributed by atoms with Crippen molar-refractivity contribution in [3.05, 3.63) is 23.8 Å². The van der Waals surface area contributed by atoms with E-state index in [9.17, 15) is 10.2 Å². The summed E-state index contributed by atoms with van der Waals surface area (Å²) in [4.78, 5) is 0. The molecule has 2 N–H and O–H groups in total. The third kappa shape index (κ3) is 4.89. The maximum Gasteiger partial charge on any atom is 0.192 e. The van der Waals surface area contributed by atoms with Crippen LogP contribution < -0.4 is 0 Å². The number of hydrogen-bond acceptors (Lipinski definition) is 3. The van der Waals surface area contributed by atoms with Crippen molar-refractivity contribution in [1.29, 1.82) is 0 Å². The van der Waals surface area contributed by atoms with Gasteiger partial charge in [-0.2, -0.15) is 0 Å². The first kappa shape index (κ1) is 21.9. The molecule has 2 rings (SSSR count). The van der Waals surface area contributed by atoms with Crippen molar-refractivity contribution in [2.24, 2.45) is 11.3 Å². The SMILES string of the molecule is CC(C)(C)[Si](C)(C)O[C@H](C[C@@H]1CC=CC[C@@]1(C)CO)C1=CCCCC1O. The van der Waals surface area contributed by atoms with Gasteiger partial charge in [0.1, 0.15) is 0 Å². The fraction of sp³-hybridized carbons (Fsp3) is 0.818. The Bertz CT molecular complexity index is 532. The van der Waals surface area contributed by atoms with Gasteiger partial charge in [0.05, 0.1) is 12.2 Å². The van der Waals surface area contributed by atoms with Crippen LogP contribution in [0.2, 0.25) is 18.1 Å². The van der Waals surface area contributed by atoms with Gasteiger partial charge < -0.3 is 14.6 Å². The van der Waals surface area contributed by atoms with Gasteiger partial charge in [0, 0.05) is 6.61 Å². The summed E-state index contributed by atoms with van der Waals surface area (Å²) in [5.74, 6) is 0.377. The summed E-state index contributed by atoms with van der Waals surface area (Å²) in [6, 6.07) is 0. The largest absolute Gasteiger partial charge is 0.410 e. The van der Waals surface area contributed by atoms with E-state index in [1.54, 1.807) is 0 Å². The smallest absolute Gasteiger partial charge is 0.192 e. The number of allylic oxidation sites excluding steroid dienone is 3. The monoisotopic (exact) mass is 380 g/mol. The van der Waals surface area contributed by atoms with Gasteiger partial charge >= 0.3 is 0 Å². The minimum Gasteiger partial charge on any atom is -0.410 e. The van der Waals surface area contributed by atoms with Gasteiger partial charge in [0.15, 0.2) is 8.32 Å². The van der Waals surface area contributed by atoms with Crippen LogP contribution in [0.4, 0.5) is 0 Å². The Morgan fingerprint density at radius 3 is 2.58 bits per heavy atom. The molecule has 2 aliphatic rings. The molecule has 0 bridgehead atoms. The van der Waals surface area contributed by atoms with Gasteiger partial charge in [-0.15, -0.1) is 0 Å². The van der Waals surface area contributed by atoms with Crippen molar-refractivity contribution in [2.75, 3.05) is 6.61 Å². The van der Waals surface area contributed by atoms with Crippen LogP contribution >= 0.6 is 0 Å². The molecule has 0 aromatic carbocycles. The first-order valence-electron chi connectivity index (χ1n) is 10.3. The first-order chi connectivity index (χ1) is 12.0. The molecule has 0 amide bonds. The molecule has 0 radical (unpaired) electrons. The molecule has 0 aromatic rings. The van der Waals surface area contributed by atoms with Gasteiger partial charge in [-0.25, -0.2) is 0 Å². The summed E-state index contributed by atoms with van der Waals surface area (Å²) in [7, 11) is -1.96. The van der Waals surface area contributed by atoms with E-state index in [-0.39, 0.29) is 29.3 Å². The van der Waals surface area contributed by atoms with Crippen LogP contribution in [-0.4, -0.2) is 37.3 Å². The molecule has 0 fully saturated rings. The summed E-state index contributed by atoms with van der Waals surface area (Å²) < 4.78 is 6.86. The Morgan fingerprint density at radius 1 is 1.31 bits per heavy atom. The summed E-state index contributed by atoms with van der Waals surface area (Å²) in [5.41, 5.74) is 1.00. The second-order valence-electron chi connectivity index (χ2n) is 10.2. The highest BCUT2D eigenvalue weighted by molar-refractivity contribution is 6.74. The highest BCUT2D eigenvalue weighted by Crippen LogP contribution is 2.44. The van der Waals surface area contributed by atoms with Crippen LogP contribution in [0.1, 0.15) is 66.2 Å². The number of hydrogen-bond donors (Lipinski definition) is 2. The minimum absolute atomic E-state index is 0.0337. The van der Waals surface area contributed by atoms with E-state index >= 15 is 0 Å². The van der Waals surface area contributed by atoms with E-state index in [1.807, 2.05) is 0 Å². The van der Waals surface area contributed by atoms with Gasteiger partial charge in [0.25, 0.3) is 0 Å². The average Bonchev–Trinajstić information content (AvgIpc) is 2.55. The Balaban J connectivity index is 2.29. The van der Waals surface area contributed by atoms with Gasteiger partial charge in [0.2, 0.25) is 0 Å². The van der Waals surface area contributed by atoms with Crippen LogP contribution in [0.3, 0.4) is 0 Å². The lowest BCUT2D eigenvalue weighted by Gasteiger charge is -2.45. The quantitative estimate of drug-likeness (QED) is 0.492. The third-order valence-electron chi connectivity index (χ3n) is 7.08. The average molecular weight is 381 g/mol. The zero-order valence-corrected chi connectivity index (χ0v) is 18.7. The molecule has 0 aromatic heterocycles. The third-order valence-corrected chi connectivity index (χ3v) is 11.6. The number of aliphatic hydroxyl groups excluding tert-OH is 2. The standard InChI is InChI=1S/C22H40O3Si/c1-21(2,3)26(5,6)25-20(18-12-7-8-13-19(18)24)15-17-11-9-10-14-22(17,4)16-23/h9-10,12,17,19-20,23-24H,7-8,11,13-16H2,1-6H3/t17-,19?,20+,22-/m0/s1. The molecule has 1 unspecified atom stereocenters. The second kappa shape index (κ2) is 8.30. The molecule has 3 nitrogen and oxygen atoms in total. The molecular weight excluding hydrogens is 340 g/mol. The van der Waals surface area contributed by atoms with Crippen LogP contribution in [0.15, 0.2) is 23.8 Å². The Labute approximate surface area is 161 Å². The van der Waals surface area contributed by atoms with E-state index in [1.165, 1.54) is 0 Å². The van der Waals surface area contributed by atoms with E-state index in [4.69, 9.17) is 4.43 Å². The van der Waals surface area contributed by atoms with Crippen molar-refractivity contribution < 1.29 is 14.6 Å². The molecule has 0 saturated carbocycles. The zero-order valence-electron chi connectivity index (χ0n) is 17.7. The van der Waals surface area contributed by atoms with Gasteiger partial charge in [-0.05, 0) is 73.6 Å². The molecule has 4 atom stereocenters. The first-order valence-corrected chi connectivity index (χ1v) is 13.2. The summed E-state index contributed by atoms with van der Waals surface area (Å²) >= 11 is 0. The minimum atomic E-state index is -1.96. The van der Waals surface area contributed by atoms with Crippen molar-refractivity contribution >= 4 is 8.32 Å². The van der Waals surface area contributed by atoms with Crippen molar-refractivity contribution in [2.45, 2.75) is 96.6 Å². The Morgan fingerprint density at radius 2 is 2.00 bits per heavy atom. The van der Waals surface area contributed by atoms with Gasteiger partial charge in [-0.3, -0.25) is 0 Å². The van der Waals surface area contributed by atoms with Crippen molar-refractivity contribution in [3.8, 4) is 0 Å². The molecule has 150 valence electrons. The predicted octanol–water partition coefficient (Wildman–Crippen LogP) is 5.20. The highest BCUT2D eigenvalue weighted by atomic mass is 28.4. The lowest BCUT2D eigenvalue weighted by Crippen LogP contribution is -2.47. The Kier molecular flexibility index (Phi) is 6.98. The highest BCUT2D eigenvalue weighted by Gasteiger charge is 2.43. The van der Waals surface area contributed by atoms with Crippen molar-refractivity contribution in [3.63, 3.8) is 0 Å². The molecule has 0 saturated heterocycles. The zero-order chi connectivity index (χ0) is 19.6. The maximum atomic E-state index is 10.7. The number of aliphatic hydroxyl groups is 2. The topological polar surface area (TPSA) is 49.7 Å². The van der Waals surface area contributed by atoms with Crippen LogP contribution in [0.5, 0.6) is 0 Å². The van der Waals surface area contributed by atoms with Gasteiger partial charge in [-0.1, -0.05) is 45.9 Å². The molecular formula is C22H40O3Si. The fourth-order valence-corrected chi connectivity index (χ4v) is 5.21. The number of rotatable bonds is 6. The van der Waals surface area contributed by atoms with Crippen molar-refractivity contribution in [1.82, 2.24) is 0 Å². The molecule has 26 heavy (non-hydrogen) atoms. The van der Waals surface area contributed by atoms with E-state index in [2.05, 4.69) is 59.0 Å². The lowest BCUT2D eigenvalue weighted by atomic mass is 9.68. The van der Waals surface area contributed by atoms with Crippen LogP contribution in [0.25, 0.3) is 0 Å². The van der Waals surface area contributed by atoms with Crippen LogP contribution in [0, 0.1) is 11.3 Å². The lowest BCUT2D eigenvalue weighted by molar-refractivity contribution is 0.0417. The molecule has 0 aliphatic heterocycles. The second-order valence-corrected chi connectivity index (χ2v) is 14.9. The summed E-state index contributed by atoms with van der Waals surface area (Å²) in [5, 5.41) is 20.8. The summed E-state index contributed by atoms with van der Waals surface area (Å²) in [6.07, 6.45) is 12.0. The molecule has 2 aliphatic carbocycles. The summed E-state index contributed by atoms with van der Waals surface area (Å²) in [6.45, 7) is 13.8. The molecule has 0 heterocycles. The normalized spacial score (nSPS) is 31.6. The molecule has 0 spiro atoms. The fourth-order valence-electron chi connectivity index (χ4n) is 3.91. The predicted molar refractivity (Wildman–Crippen MR) is 112 cm³/mol. The van der Waals surface area contributed by atoms with E-state index in [0.29, 0.717) is 5.92 Å². The maximum absolute atomic E-state index is 10.7.